The summed E-state index contributed by atoms with van der Waals surface area (Å²) in [6, 6.07) is 6.91. The summed E-state index contributed by atoms with van der Waals surface area (Å²) in [5, 5.41) is 1.29. The summed E-state index contributed by atoms with van der Waals surface area (Å²) in [5.74, 6) is -0.708. The minimum absolute atomic E-state index is 0.0748. The lowest BCUT2D eigenvalue weighted by molar-refractivity contribution is -0.138. The van der Waals surface area contributed by atoms with Gasteiger partial charge in [0.05, 0.1) is 0 Å². The lowest BCUT2D eigenvalue weighted by atomic mass is 10.00. The number of halogens is 1. The monoisotopic (exact) mass is 349 g/mol. The molecule has 0 saturated carbocycles. The summed E-state index contributed by atoms with van der Waals surface area (Å²) in [4.78, 5) is 26.3. The molecule has 3 rings (SSSR count). The molecule has 1 aromatic carbocycles. The molecule has 1 atom stereocenters. The molecule has 1 aliphatic rings. The summed E-state index contributed by atoms with van der Waals surface area (Å²) in [5.41, 5.74) is 0.555. The van der Waals surface area contributed by atoms with Crippen LogP contribution in [0.3, 0.4) is 0 Å². The molecule has 0 bridgehead atoms. The average Bonchev–Trinajstić information content (AvgIpc) is 3.02. The van der Waals surface area contributed by atoms with Crippen LogP contribution in [0.4, 0.5) is 0 Å². The number of nitrogens with zero attached hydrogens (tertiary/aromatic N) is 1. The highest BCUT2D eigenvalue weighted by molar-refractivity contribution is 6.31. The molecule has 2 aromatic rings. The Labute approximate surface area is 145 Å². The van der Waals surface area contributed by atoms with E-state index in [9.17, 15) is 9.59 Å². The van der Waals surface area contributed by atoms with Crippen molar-refractivity contribution in [1.29, 1.82) is 0 Å². The third-order valence-corrected chi connectivity index (χ3v) is 4.66. The number of likely N-dealkylation sites (tertiary alicyclic amines) is 1. The number of benzene rings is 1. The van der Waals surface area contributed by atoms with Gasteiger partial charge in [-0.05, 0) is 49.9 Å². The molecule has 5 nitrogen and oxygen atoms in total. The summed E-state index contributed by atoms with van der Waals surface area (Å²) in [7, 11) is 0. The quantitative estimate of drug-likeness (QED) is 0.782. The Morgan fingerprint density at radius 1 is 1.33 bits per heavy atom. The van der Waals surface area contributed by atoms with E-state index in [4.69, 9.17) is 20.8 Å². The maximum absolute atomic E-state index is 12.3. The van der Waals surface area contributed by atoms with E-state index < -0.39 is 5.97 Å². The highest BCUT2D eigenvalue weighted by atomic mass is 35.5. The largest absolute Gasteiger partial charge is 0.450 e. The summed E-state index contributed by atoms with van der Waals surface area (Å²) in [6.45, 7) is 2.55. The van der Waals surface area contributed by atoms with Gasteiger partial charge in [-0.25, -0.2) is 4.79 Å². The van der Waals surface area contributed by atoms with Crippen LogP contribution in [-0.2, 0) is 9.53 Å². The van der Waals surface area contributed by atoms with Gasteiger partial charge in [-0.1, -0.05) is 18.5 Å². The van der Waals surface area contributed by atoms with Crippen LogP contribution >= 0.6 is 11.6 Å². The van der Waals surface area contributed by atoms with Crippen LogP contribution in [0.25, 0.3) is 11.0 Å². The van der Waals surface area contributed by atoms with Gasteiger partial charge in [0.2, 0.25) is 5.76 Å². The predicted octanol–water partition coefficient (Wildman–Crippen LogP) is 4.03. The van der Waals surface area contributed by atoms with Gasteiger partial charge in [0.15, 0.2) is 6.61 Å². The van der Waals surface area contributed by atoms with Crippen LogP contribution in [0.1, 0.15) is 43.2 Å². The van der Waals surface area contributed by atoms with Crippen LogP contribution in [-0.4, -0.2) is 36.0 Å². The first-order valence-corrected chi connectivity index (χ1v) is 8.62. The molecular weight excluding hydrogens is 330 g/mol. The summed E-state index contributed by atoms with van der Waals surface area (Å²) >= 11 is 5.92. The molecule has 0 aliphatic carbocycles. The third-order valence-electron chi connectivity index (χ3n) is 4.42. The van der Waals surface area contributed by atoms with E-state index in [1.165, 1.54) is 0 Å². The zero-order chi connectivity index (χ0) is 17.1. The Bertz CT molecular complexity index is 755. The number of hydrogen-bond donors (Lipinski definition) is 0. The Balaban J connectivity index is 1.62. The Morgan fingerprint density at radius 3 is 2.96 bits per heavy atom. The van der Waals surface area contributed by atoms with Crippen LogP contribution in [0.5, 0.6) is 0 Å². The molecule has 1 aromatic heterocycles. The van der Waals surface area contributed by atoms with Crippen molar-refractivity contribution in [2.75, 3.05) is 13.2 Å². The second-order valence-corrected chi connectivity index (χ2v) is 6.45. The van der Waals surface area contributed by atoms with Crippen molar-refractivity contribution >= 4 is 34.4 Å². The molecule has 1 aliphatic heterocycles. The normalized spacial score (nSPS) is 17.9. The minimum Gasteiger partial charge on any atom is -0.450 e. The first-order valence-electron chi connectivity index (χ1n) is 8.24. The van der Waals surface area contributed by atoms with Gasteiger partial charge in [-0.15, -0.1) is 0 Å². The Kier molecular flexibility index (Phi) is 5.09. The molecule has 128 valence electrons. The lowest BCUT2D eigenvalue weighted by Crippen LogP contribution is -2.45. The maximum atomic E-state index is 12.3. The second-order valence-electron chi connectivity index (χ2n) is 6.01. The van der Waals surface area contributed by atoms with Crippen LogP contribution in [0, 0.1) is 0 Å². The first-order chi connectivity index (χ1) is 11.6. The van der Waals surface area contributed by atoms with Crippen LogP contribution in [0.15, 0.2) is 28.7 Å². The number of carbonyl (C=O) groups excluding carboxylic acids is 2. The SMILES string of the molecule is CC[C@H]1CCCCN1C(=O)COC(=O)c1cc2cc(Cl)ccc2o1. The van der Waals surface area contributed by atoms with Crippen molar-refractivity contribution < 1.29 is 18.7 Å². The van der Waals surface area contributed by atoms with Crippen LogP contribution in [0.2, 0.25) is 5.02 Å². The van der Waals surface area contributed by atoms with Crippen molar-refractivity contribution in [3.05, 3.63) is 35.0 Å². The second kappa shape index (κ2) is 7.26. The van der Waals surface area contributed by atoms with E-state index in [-0.39, 0.29) is 24.3 Å². The molecule has 0 N–H and O–H groups in total. The molecule has 2 heterocycles. The fraction of sp³-hybridized carbons (Fsp3) is 0.444. The van der Waals surface area contributed by atoms with Gasteiger partial charge in [-0.2, -0.15) is 0 Å². The van der Waals surface area contributed by atoms with Gasteiger partial charge in [0, 0.05) is 23.0 Å². The Hall–Kier alpha value is -2.01. The predicted molar refractivity (Wildman–Crippen MR) is 91.1 cm³/mol. The number of hydrogen-bond acceptors (Lipinski definition) is 4. The molecule has 24 heavy (non-hydrogen) atoms. The fourth-order valence-electron chi connectivity index (χ4n) is 3.15. The molecule has 6 heteroatoms. The van der Waals surface area contributed by atoms with Crippen LogP contribution < -0.4 is 0 Å². The number of piperidine rings is 1. The smallest absolute Gasteiger partial charge is 0.374 e. The molecule has 1 saturated heterocycles. The summed E-state index contributed by atoms with van der Waals surface area (Å²) < 4.78 is 10.6. The zero-order valence-electron chi connectivity index (χ0n) is 13.6. The Morgan fingerprint density at radius 2 is 2.17 bits per heavy atom. The number of ether oxygens (including phenoxy) is 1. The van der Waals surface area contributed by atoms with E-state index in [0.717, 1.165) is 37.6 Å². The lowest BCUT2D eigenvalue weighted by Gasteiger charge is -2.35. The van der Waals surface area contributed by atoms with Gasteiger partial charge in [-0.3, -0.25) is 4.79 Å². The van der Waals surface area contributed by atoms with E-state index in [1.54, 1.807) is 24.3 Å². The van der Waals surface area contributed by atoms with Crippen molar-refractivity contribution in [3.8, 4) is 0 Å². The van der Waals surface area contributed by atoms with Crippen molar-refractivity contribution in [1.82, 2.24) is 4.90 Å². The zero-order valence-corrected chi connectivity index (χ0v) is 14.3. The van der Waals surface area contributed by atoms with Gasteiger partial charge in [0.25, 0.3) is 5.91 Å². The topological polar surface area (TPSA) is 59.8 Å². The van der Waals surface area contributed by atoms with E-state index in [2.05, 4.69) is 6.92 Å². The van der Waals surface area contributed by atoms with Crippen molar-refractivity contribution in [2.24, 2.45) is 0 Å². The maximum Gasteiger partial charge on any atom is 0.374 e. The average molecular weight is 350 g/mol. The van der Waals surface area contributed by atoms with Crippen molar-refractivity contribution in [3.63, 3.8) is 0 Å². The van der Waals surface area contributed by atoms with E-state index >= 15 is 0 Å². The number of esters is 1. The highest BCUT2D eigenvalue weighted by Gasteiger charge is 2.26. The van der Waals surface area contributed by atoms with Gasteiger partial charge < -0.3 is 14.1 Å². The molecular formula is C18H20ClNO4. The standard InChI is InChI=1S/C18H20ClNO4/c1-2-14-5-3-4-8-20(14)17(21)11-23-18(22)16-10-12-9-13(19)6-7-15(12)24-16/h6-7,9-10,14H,2-5,8,11H2,1H3/t14-/m0/s1. The first kappa shape index (κ1) is 16.8. The molecule has 1 amide bonds. The molecule has 1 fully saturated rings. The van der Waals surface area contributed by atoms with E-state index in [1.807, 2.05) is 4.90 Å². The van der Waals surface area contributed by atoms with Gasteiger partial charge in [0.1, 0.15) is 5.58 Å². The molecule has 0 radical (unpaired) electrons. The number of carbonyl (C=O) groups is 2. The number of fused-ring (bicyclic) bond motifs is 1. The number of furan rings is 1. The highest BCUT2D eigenvalue weighted by Crippen LogP contribution is 2.24. The van der Waals surface area contributed by atoms with Gasteiger partial charge >= 0.3 is 5.97 Å². The molecule has 0 spiro atoms. The molecule has 0 unspecified atom stereocenters. The van der Waals surface area contributed by atoms with Crippen molar-refractivity contribution in [2.45, 2.75) is 38.6 Å². The minimum atomic E-state index is -0.638. The number of rotatable bonds is 4. The van der Waals surface area contributed by atoms with E-state index in [0.29, 0.717) is 10.6 Å². The number of amides is 1. The third kappa shape index (κ3) is 3.56. The summed E-state index contributed by atoms with van der Waals surface area (Å²) in [6.07, 6.45) is 4.08. The fourth-order valence-corrected chi connectivity index (χ4v) is 3.33.